The van der Waals surface area contributed by atoms with Gasteiger partial charge in [0.1, 0.15) is 5.52 Å². The van der Waals surface area contributed by atoms with E-state index in [1.807, 2.05) is 42.5 Å². The first-order chi connectivity index (χ1) is 8.78. The van der Waals surface area contributed by atoms with E-state index in [9.17, 15) is 0 Å². The Labute approximate surface area is 109 Å². The Morgan fingerprint density at radius 3 is 2.78 bits per heavy atom. The zero-order chi connectivity index (χ0) is 12.5. The van der Waals surface area contributed by atoms with Crippen LogP contribution in [0.5, 0.6) is 0 Å². The van der Waals surface area contributed by atoms with Crippen LogP contribution in [0.3, 0.4) is 0 Å². The molecule has 0 amide bonds. The third-order valence-corrected chi connectivity index (χ3v) is 3.12. The number of rotatable bonds is 2. The van der Waals surface area contributed by atoms with Gasteiger partial charge in [-0.1, -0.05) is 29.8 Å². The predicted molar refractivity (Wildman–Crippen MR) is 72.3 cm³/mol. The van der Waals surface area contributed by atoms with E-state index >= 15 is 0 Å². The zero-order valence-corrected chi connectivity index (χ0v) is 10.3. The van der Waals surface area contributed by atoms with E-state index in [0.717, 1.165) is 22.2 Å². The van der Waals surface area contributed by atoms with Crippen LogP contribution in [0.2, 0.25) is 5.02 Å². The van der Waals surface area contributed by atoms with Gasteiger partial charge in [-0.05, 0) is 29.8 Å². The Balaban J connectivity index is 2.17. The molecule has 1 aromatic heterocycles. The summed E-state index contributed by atoms with van der Waals surface area (Å²) in [5.74, 6) is 0.532. The number of benzene rings is 2. The molecule has 1 heterocycles. The molecule has 2 N–H and O–H groups in total. The van der Waals surface area contributed by atoms with Gasteiger partial charge in [0.2, 0.25) is 5.89 Å². The minimum absolute atomic E-state index is 0.490. The number of oxazole rings is 1. The highest BCUT2D eigenvalue weighted by Gasteiger charge is 2.11. The Morgan fingerprint density at radius 1 is 1.17 bits per heavy atom. The Hall–Kier alpha value is -1.84. The van der Waals surface area contributed by atoms with Gasteiger partial charge in [-0.25, -0.2) is 4.98 Å². The fourth-order valence-corrected chi connectivity index (χ4v) is 2.07. The maximum atomic E-state index is 6.12. The molecule has 0 bridgehead atoms. The summed E-state index contributed by atoms with van der Waals surface area (Å²) in [6, 6.07) is 13.2. The highest BCUT2D eigenvalue weighted by atomic mass is 35.5. The quantitative estimate of drug-likeness (QED) is 0.764. The summed E-state index contributed by atoms with van der Waals surface area (Å²) in [5.41, 5.74) is 8.97. The fourth-order valence-electron chi connectivity index (χ4n) is 1.85. The molecule has 0 spiro atoms. The number of fused-ring (bicyclic) bond motifs is 1. The number of hydrogen-bond acceptors (Lipinski definition) is 3. The smallest absolute Gasteiger partial charge is 0.228 e. The lowest BCUT2D eigenvalue weighted by atomic mass is 10.2. The third kappa shape index (κ3) is 1.88. The topological polar surface area (TPSA) is 52.0 Å². The first-order valence-electron chi connectivity index (χ1n) is 5.62. The van der Waals surface area contributed by atoms with Crippen molar-refractivity contribution in [3.63, 3.8) is 0 Å². The van der Waals surface area contributed by atoms with Crippen molar-refractivity contribution in [2.45, 2.75) is 6.54 Å². The first kappa shape index (κ1) is 11.3. The van der Waals surface area contributed by atoms with E-state index in [1.165, 1.54) is 0 Å². The summed E-state index contributed by atoms with van der Waals surface area (Å²) >= 11 is 6.12. The fraction of sp³-hybridized carbons (Fsp3) is 0.0714. The van der Waals surface area contributed by atoms with Crippen LogP contribution in [-0.2, 0) is 6.54 Å². The van der Waals surface area contributed by atoms with Gasteiger partial charge in [-0.15, -0.1) is 0 Å². The van der Waals surface area contributed by atoms with Crippen molar-refractivity contribution in [3.05, 3.63) is 53.1 Å². The van der Waals surface area contributed by atoms with Crippen LogP contribution in [0.25, 0.3) is 22.6 Å². The third-order valence-electron chi connectivity index (χ3n) is 2.79. The van der Waals surface area contributed by atoms with Gasteiger partial charge in [0.05, 0.1) is 10.6 Å². The Morgan fingerprint density at radius 2 is 2.00 bits per heavy atom. The summed E-state index contributed by atoms with van der Waals surface area (Å²) in [7, 11) is 0. The molecule has 2 aromatic carbocycles. The molecule has 0 fully saturated rings. The summed E-state index contributed by atoms with van der Waals surface area (Å²) in [5, 5.41) is 0.628. The molecule has 0 radical (unpaired) electrons. The van der Waals surface area contributed by atoms with Gasteiger partial charge in [0, 0.05) is 6.54 Å². The van der Waals surface area contributed by atoms with Gasteiger partial charge in [0.25, 0.3) is 0 Å². The largest absolute Gasteiger partial charge is 0.436 e. The van der Waals surface area contributed by atoms with E-state index in [-0.39, 0.29) is 0 Å². The monoisotopic (exact) mass is 258 g/mol. The highest BCUT2D eigenvalue weighted by Crippen LogP contribution is 2.29. The minimum atomic E-state index is 0.490. The Bertz CT molecular complexity index is 706. The van der Waals surface area contributed by atoms with E-state index < -0.39 is 0 Å². The van der Waals surface area contributed by atoms with E-state index in [1.54, 1.807) is 0 Å². The summed E-state index contributed by atoms with van der Waals surface area (Å²) < 4.78 is 5.70. The molecule has 18 heavy (non-hydrogen) atoms. The van der Waals surface area contributed by atoms with Crippen LogP contribution < -0.4 is 5.73 Å². The van der Waals surface area contributed by atoms with Crippen molar-refractivity contribution < 1.29 is 4.42 Å². The van der Waals surface area contributed by atoms with Crippen LogP contribution in [0.15, 0.2) is 46.9 Å². The van der Waals surface area contributed by atoms with Gasteiger partial charge in [0.15, 0.2) is 5.58 Å². The lowest BCUT2D eigenvalue weighted by Crippen LogP contribution is -1.94. The molecule has 0 saturated carbocycles. The molecule has 0 saturated heterocycles. The van der Waals surface area contributed by atoms with Crippen molar-refractivity contribution in [2.24, 2.45) is 5.73 Å². The summed E-state index contributed by atoms with van der Waals surface area (Å²) in [4.78, 5) is 4.45. The normalized spacial score (nSPS) is 11.0. The van der Waals surface area contributed by atoms with Crippen LogP contribution in [-0.4, -0.2) is 4.98 Å². The average Bonchev–Trinajstić information content (AvgIpc) is 2.81. The van der Waals surface area contributed by atoms with Gasteiger partial charge >= 0.3 is 0 Å². The van der Waals surface area contributed by atoms with Crippen LogP contribution in [0.1, 0.15) is 5.56 Å². The second-order valence-electron chi connectivity index (χ2n) is 4.01. The maximum Gasteiger partial charge on any atom is 0.228 e. The predicted octanol–water partition coefficient (Wildman–Crippen LogP) is 3.61. The van der Waals surface area contributed by atoms with Crippen molar-refractivity contribution in [3.8, 4) is 11.5 Å². The molecular weight excluding hydrogens is 248 g/mol. The van der Waals surface area contributed by atoms with E-state index in [2.05, 4.69) is 4.98 Å². The van der Waals surface area contributed by atoms with Crippen molar-refractivity contribution in [2.75, 3.05) is 0 Å². The molecule has 3 nitrogen and oxygen atoms in total. The standard InChI is InChI=1S/C14H11ClN2O/c15-11-4-2-1-3-10(11)14-17-12-7-9(8-16)5-6-13(12)18-14/h1-7H,8,16H2. The molecule has 0 aliphatic heterocycles. The minimum Gasteiger partial charge on any atom is -0.436 e. The van der Waals surface area contributed by atoms with Gasteiger partial charge < -0.3 is 10.2 Å². The Kier molecular flexibility index (Phi) is 2.78. The second-order valence-corrected chi connectivity index (χ2v) is 4.41. The molecule has 0 aliphatic carbocycles. The van der Waals surface area contributed by atoms with Gasteiger partial charge in [-0.3, -0.25) is 0 Å². The molecule has 4 heteroatoms. The lowest BCUT2D eigenvalue weighted by molar-refractivity contribution is 0.620. The maximum absolute atomic E-state index is 6.12. The number of nitrogens with zero attached hydrogens (tertiary/aromatic N) is 1. The van der Waals surface area contributed by atoms with Crippen molar-refractivity contribution >= 4 is 22.7 Å². The molecule has 0 atom stereocenters. The highest BCUT2D eigenvalue weighted by molar-refractivity contribution is 6.33. The summed E-state index contributed by atoms with van der Waals surface area (Å²) in [6.07, 6.45) is 0. The molecule has 0 aliphatic rings. The number of halogens is 1. The second kappa shape index (κ2) is 4.44. The van der Waals surface area contributed by atoms with Crippen molar-refractivity contribution in [1.29, 1.82) is 0 Å². The van der Waals surface area contributed by atoms with E-state index in [4.69, 9.17) is 21.8 Å². The molecule has 3 rings (SSSR count). The van der Waals surface area contributed by atoms with Crippen LogP contribution in [0, 0.1) is 0 Å². The molecule has 90 valence electrons. The molecule has 0 unspecified atom stereocenters. The SMILES string of the molecule is NCc1ccc2oc(-c3ccccc3Cl)nc2c1. The van der Waals surface area contributed by atoms with Crippen molar-refractivity contribution in [1.82, 2.24) is 4.98 Å². The number of hydrogen-bond donors (Lipinski definition) is 1. The molecular formula is C14H11ClN2O. The first-order valence-corrected chi connectivity index (χ1v) is 6.00. The van der Waals surface area contributed by atoms with Gasteiger partial charge in [-0.2, -0.15) is 0 Å². The zero-order valence-electron chi connectivity index (χ0n) is 9.56. The molecule has 3 aromatic rings. The summed E-state index contributed by atoms with van der Waals surface area (Å²) in [6.45, 7) is 0.490. The number of aromatic nitrogens is 1. The lowest BCUT2D eigenvalue weighted by Gasteiger charge is -1.96. The van der Waals surface area contributed by atoms with Crippen LogP contribution >= 0.6 is 11.6 Å². The van der Waals surface area contributed by atoms with E-state index in [0.29, 0.717) is 17.5 Å². The average molecular weight is 259 g/mol. The van der Waals surface area contributed by atoms with Crippen LogP contribution in [0.4, 0.5) is 0 Å². The number of nitrogens with two attached hydrogens (primary N) is 1.